The van der Waals surface area contributed by atoms with Gasteiger partial charge in [0.25, 0.3) is 0 Å². The molecule has 2 aromatic carbocycles. The number of hydrogen-bond donors (Lipinski definition) is 2. The Kier molecular flexibility index (Phi) is 4.19. The van der Waals surface area contributed by atoms with Crippen molar-refractivity contribution < 1.29 is 5.41 Å². The Hall–Kier alpha value is -1.84. The summed E-state index contributed by atoms with van der Waals surface area (Å²) in [6.45, 7) is 1.94. The first-order valence-electron chi connectivity index (χ1n) is 7.51. The molecule has 114 valence electrons. The number of hydrogen-bond acceptors (Lipinski definition) is 2. The quantitative estimate of drug-likeness (QED) is 0.655. The van der Waals surface area contributed by atoms with E-state index in [-0.39, 0.29) is 5.92 Å². The van der Waals surface area contributed by atoms with Crippen molar-refractivity contribution >= 4 is 23.5 Å². The predicted octanol–water partition coefficient (Wildman–Crippen LogP) is 1.72. The van der Waals surface area contributed by atoms with Crippen molar-refractivity contribution in [1.82, 2.24) is 4.90 Å². The van der Waals surface area contributed by atoms with E-state index < -0.39 is 0 Å². The molecule has 4 N–H and O–H groups in total. The van der Waals surface area contributed by atoms with Crippen LogP contribution in [0.1, 0.15) is 28.2 Å². The predicted molar refractivity (Wildman–Crippen MR) is 92.4 cm³/mol. The van der Waals surface area contributed by atoms with E-state index in [0.29, 0.717) is 10.7 Å². The monoisotopic (exact) mass is 314 g/mol. The Labute approximate surface area is 136 Å². The van der Waals surface area contributed by atoms with Gasteiger partial charge < -0.3 is 10.6 Å². The molecule has 4 heteroatoms. The van der Waals surface area contributed by atoms with E-state index in [1.807, 2.05) is 12.1 Å². The minimum atomic E-state index is 0.248. The summed E-state index contributed by atoms with van der Waals surface area (Å²) in [6.07, 6.45) is 2.55. The molecule has 0 spiro atoms. The summed E-state index contributed by atoms with van der Waals surface area (Å²) in [5, 5.41) is 6.48. The van der Waals surface area contributed by atoms with Crippen molar-refractivity contribution in [3.63, 3.8) is 0 Å². The van der Waals surface area contributed by atoms with Crippen molar-refractivity contribution in [2.24, 2.45) is 0 Å². The van der Waals surface area contributed by atoms with Gasteiger partial charge in [-0.05, 0) is 36.2 Å². The van der Waals surface area contributed by atoms with Crippen LogP contribution in [0.4, 0.5) is 5.69 Å². The molecule has 2 aromatic rings. The lowest BCUT2D eigenvalue weighted by molar-refractivity contribution is -0.104. The van der Waals surface area contributed by atoms with Crippen LogP contribution in [-0.2, 0) is 6.42 Å². The van der Waals surface area contributed by atoms with Crippen molar-refractivity contribution in [3.8, 4) is 0 Å². The molecule has 1 aliphatic rings. The average molecular weight is 315 g/mol. The zero-order valence-electron chi connectivity index (χ0n) is 12.7. The van der Waals surface area contributed by atoms with Gasteiger partial charge in [0.05, 0.1) is 16.3 Å². The lowest BCUT2D eigenvalue weighted by Gasteiger charge is -2.23. The highest BCUT2D eigenvalue weighted by atomic mass is 35.5. The van der Waals surface area contributed by atoms with Crippen LogP contribution in [-0.4, -0.2) is 31.3 Å². The van der Waals surface area contributed by atoms with Crippen LogP contribution in [0.2, 0.25) is 5.02 Å². The number of nitrogens with zero attached hydrogens (tertiary/aromatic N) is 1. The molecule has 0 saturated heterocycles. The van der Waals surface area contributed by atoms with Crippen LogP contribution in [0.5, 0.6) is 0 Å². The fourth-order valence-corrected chi connectivity index (χ4v) is 3.55. The normalized spacial score (nSPS) is 18.5. The van der Waals surface area contributed by atoms with Gasteiger partial charge in [-0.25, -0.2) is 0 Å². The van der Waals surface area contributed by atoms with Crippen molar-refractivity contribution in [1.29, 1.82) is 0 Å². The molecule has 1 aliphatic heterocycles. The SMILES string of the molecule is CN1CCc2cc(Cl)c(N)c(C=[NH2+])c2[C@@H](c2ccccc2)C1. The topological polar surface area (TPSA) is 54.8 Å². The number of halogens is 1. The van der Waals surface area contributed by atoms with Crippen LogP contribution in [0.15, 0.2) is 36.4 Å². The molecule has 0 fully saturated rings. The first-order valence-corrected chi connectivity index (χ1v) is 7.88. The van der Waals surface area contributed by atoms with Crippen LogP contribution in [0.3, 0.4) is 0 Å². The summed E-state index contributed by atoms with van der Waals surface area (Å²) in [6, 6.07) is 12.5. The van der Waals surface area contributed by atoms with Crippen LogP contribution in [0, 0.1) is 0 Å². The third-order valence-corrected chi connectivity index (χ3v) is 4.77. The second-order valence-electron chi connectivity index (χ2n) is 5.90. The summed E-state index contributed by atoms with van der Waals surface area (Å²) in [5.41, 5.74) is 11.4. The highest BCUT2D eigenvalue weighted by Gasteiger charge is 2.27. The molecule has 1 atom stereocenters. The van der Waals surface area contributed by atoms with Gasteiger partial charge in [-0.15, -0.1) is 0 Å². The van der Waals surface area contributed by atoms with E-state index in [0.717, 1.165) is 25.1 Å². The van der Waals surface area contributed by atoms with Crippen molar-refractivity contribution in [2.45, 2.75) is 12.3 Å². The molecule has 22 heavy (non-hydrogen) atoms. The van der Waals surface area contributed by atoms with Gasteiger partial charge in [0.2, 0.25) is 0 Å². The number of rotatable bonds is 2. The van der Waals surface area contributed by atoms with Gasteiger partial charge in [0.1, 0.15) is 0 Å². The number of benzene rings is 2. The van der Waals surface area contributed by atoms with E-state index in [1.165, 1.54) is 16.7 Å². The van der Waals surface area contributed by atoms with E-state index in [1.54, 1.807) is 6.21 Å². The molecule has 0 saturated carbocycles. The maximum absolute atomic E-state index is 6.30. The van der Waals surface area contributed by atoms with Gasteiger partial charge in [-0.1, -0.05) is 41.9 Å². The zero-order chi connectivity index (χ0) is 15.7. The lowest BCUT2D eigenvalue weighted by atomic mass is 9.84. The summed E-state index contributed by atoms with van der Waals surface area (Å²) < 4.78 is 0. The molecule has 0 bridgehead atoms. The van der Waals surface area contributed by atoms with Gasteiger partial charge in [0.15, 0.2) is 6.21 Å². The Morgan fingerprint density at radius 1 is 1.32 bits per heavy atom. The van der Waals surface area contributed by atoms with Crippen molar-refractivity contribution in [2.75, 3.05) is 25.9 Å². The van der Waals surface area contributed by atoms with Crippen LogP contribution < -0.4 is 11.1 Å². The van der Waals surface area contributed by atoms with Gasteiger partial charge in [-0.2, -0.15) is 0 Å². The minimum absolute atomic E-state index is 0.248. The molecule has 3 rings (SSSR count). The second-order valence-corrected chi connectivity index (χ2v) is 6.31. The van der Waals surface area contributed by atoms with Gasteiger partial charge in [0, 0.05) is 19.0 Å². The Morgan fingerprint density at radius 2 is 2.05 bits per heavy atom. The van der Waals surface area contributed by atoms with Crippen molar-refractivity contribution in [3.05, 3.63) is 63.7 Å². The van der Waals surface area contributed by atoms with Gasteiger partial charge in [-0.3, -0.25) is 5.41 Å². The third kappa shape index (κ3) is 2.62. The summed E-state index contributed by atoms with van der Waals surface area (Å²) >= 11 is 6.30. The Balaban J connectivity index is 2.25. The first-order chi connectivity index (χ1) is 10.6. The Bertz CT molecular complexity index is 697. The highest BCUT2D eigenvalue weighted by molar-refractivity contribution is 6.33. The molecule has 0 unspecified atom stereocenters. The molecule has 1 heterocycles. The zero-order valence-corrected chi connectivity index (χ0v) is 13.5. The molecular weight excluding hydrogens is 294 g/mol. The van der Waals surface area contributed by atoms with E-state index >= 15 is 0 Å². The molecule has 0 amide bonds. The fraction of sp³-hybridized carbons (Fsp3) is 0.278. The number of likely N-dealkylation sites (N-methyl/N-ethyl adjacent to an activating group) is 1. The van der Waals surface area contributed by atoms with Crippen LogP contribution in [0.25, 0.3) is 0 Å². The molecular formula is C18H21ClN3+. The molecule has 0 aromatic heterocycles. The third-order valence-electron chi connectivity index (χ3n) is 4.46. The molecule has 0 aliphatic carbocycles. The number of nitrogens with two attached hydrogens (primary N) is 2. The number of fused-ring (bicyclic) bond motifs is 1. The van der Waals surface area contributed by atoms with E-state index in [2.05, 4.69) is 36.2 Å². The van der Waals surface area contributed by atoms with Gasteiger partial charge >= 0.3 is 0 Å². The van der Waals surface area contributed by atoms with Crippen LogP contribution >= 0.6 is 11.6 Å². The smallest absolute Gasteiger partial charge is 0.169 e. The van der Waals surface area contributed by atoms with E-state index in [9.17, 15) is 0 Å². The fourth-order valence-electron chi connectivity index (χ4n) is 3.32. The summed E-state index contributed by atoms with van der Waals surface area (Å²) in [4.78, 5) is 2.35. The summed E-state index contributed by atoms with van der Waals surface area (Å²) in [5.74, 6) is 0.248. The average Bonchev–Trinajstić information content (AvgIpc) is 2.69. The lowest BCUT2D eigenvalue weighted by Crippen LogP contribution is -2.32. The number of anilines is 1. The largest absolute Gasteiger partial charge is 0.397 e. The number of nitrogen functional groups attached to an aromatic ring is 1. The highest BCUT2D eigenvalue weighted by Crippen LogP contribution is 2.38. The maximum Gasteiger partial charge on any atom is 0.169 e. The summed E-state index contributed by atoms with van der Waals surface area (Å²) in [7, 11) is 2.15. The van der Waals surface area contributed by atoms with E-state index in [4.69, 9.17) is 22.7 Å². The first kappa shape index (κ1) is 15.1. The molecule has 3 nitrogen and oxygen atoms in total. The molecule has 0 radical (unpaired) electrons. The second kappa shape index (κ2) is 6.11. The maximum atomic E-state index is 6.30. The standard InChI is InChI=1S/C18H20ClN3/c1-22-8-7-13-9-16(19)18(21)14(10-20)17(13)15(11-22)12-5-3-2-4-6-12/h2-6,9-10,15,20H,7-8,11,21H2,1H3/p+1/t15-/m1/s1. The Morgan fingerprint density at radius 3 is 2.73 bits per heavy atom. The minimum Gasteiger partial charge on any atom is -0.397 e.